The Hall–Kier alpha value is -2.64. The molecule has 1 atom stereocenters. The molecule has 1 aromatic heterocycles. The molecule has 2 aliphatic heterocycles. The van der Waals surface area contributed by atoms with Crippen molar-refractivity contribution in [3.05, 3.63) is 24.4 Å². The molecule has 8 heteroatoms. The standard InChI is InChI=1S/C26H39N5O3/c32-24-11-15-30(25(33)20-21-6-1-2-7-21)14-5-8-22(10-13-28-24)26(34)31-18-16-29(17-19-31)23-9-3-4-12-27-23/h3-4,9,12,21-22H,1-2,5-8,10-11,13-20H2,(H,28,32). The van der Waals surface area contributed by atoms with Crippen molar-refractivity contribution in [2.24, 2.45) is 11.8 Å². The third kappa shape index (κ3) is 6.70. The molecule has 1 saturated carbocycles. The summed E-state index contributed by atoms with van der Waals surface area (Å²) >= 11 is 0. The Morgan fingerprint density at radius 2 is 1.71 bits per heavy atom. The van der Waals surface area contributed by atoms with Crippen LogP contribution in [0.5, 0.6) is 0 Å². The number of nitrogens with one attached hydrogen (secondary N) is 1. The van der Waals surface area contributed by atoms with E-state index in [1.165, 1.54) is 12.8 Å². The fourth-order valence-corrected chi connectivity index (χ4v) is 5.54. The third-order valence-electron chi connectivity index (χ3n) is 7.61. The molecule has 1 unspecified atom stereocenters. The SMILES string of the molecule is O=C1CCN(C(=O)CC2CCCC2)CCCC(C(=O)N2CCN(c3ccccn3)CC2)CCN1. The zero-order chi connectivity index (χ0) is 23.8. The Morgan fingerprint density at radius 3 is 2.44 bits per heavy atom. The summed E-state index contributed by atoms with van der Waals surface area (Å²) in [4.78, 5) is 49.1. The van der Waals surface area contributed by atoms with Crippen LogP contribution < -0.4 is 10.2 Å². The number of pyridine rings is 1. The highest BCUT2D eigenvalue weighted by atomic mass is 16.2. The van der Waals surface area contributed by atoms with E-state index in [0.717, 1.165) is 44.6 Å². The zero-order valence-corrected chi connectivity index (χ0v) is 20.3. The molecule has 1 N–H and O–H groups in total. The van der Waals surface area contributed by atoms with Crippen molar-refractivity contribution in [3.8, 4) is 0 Å². The first-order chi connectivity index (χ1) is 16.6. The number of carbonyl (C=O) groups is 3. The number of hydrogen-bond donors (Lipinski definition) is 1. The third-order valence-corrected chi connectivity index (χ3v) is 7.61. The summed E-state index contributed by atoms with van der Waals surface area (Å²) in [6.45, 7) is 4.54. The molecular formula is C26H39N5O3. The summed E-state index contributed by atoms with van der Waals surface area (Å²) in [7, 11) is 0. The zero-order valence-electron chi connectivity index (χ0n) is 20.3. The van der Waals surface area contributed by atoms with E-state index >= 15 is 0 Å². The maximum Gasteiger partial charge on any atom is 0.225 e. The molecule has 1 aliphatic carbocycles. The van der Waals surface area contributed by atoms with Crippen molar-refractivity contribution >= 4 is 23.5 Å². The fourth-order valence-electron chi connectivity index (χ4n) is 5.54. The number of anilines is 1. The molecule has 186 valence electrons. The van der Waals surface area contributed by atoms with Crippen molar-refractivity contribution in [2.45, 2.75) is 57.8 Å². The molecule has 4 rings (SSSR count). The first-order valence-electron chi connectivity index (χ1n) is 13.1. The Bertz CT molecular complexity index is 819. The van der Waals surface area contributed by atoms with Gasteiger partial charge in [0.05, 0.1) is 0 Å². The second-order valence-electron chi connectivity index (χ2n) is 9.96. The van der Waals surface area contributed by atoms with Crippen molar-refractivity contribution in [1.82, 2.24) is 20.1 Å². The summed E-state index contributed by atoms with van der Waals surface area (Å²) in [5.74, 6) is 1.65. The first kappa shape index (κ1) is 24.5. The lowest BCUT2D eigenvalue weighted by Gasteiger charge is -2.37. The normalized spacial score (nSPS) is 23.4. The van der Waals surface area contributed by atoms with Gasteiger partial charge in [0, 0.05) is 70.8 Å². The Morgan fingerprint density at radius 1 is 0.912 bits per heavy atom. The molecule has 0 aromatic carbocycles. The van der Waals surface area contributed by atoms with Crippen LogP contribution in [0, 0.1) is 11.8 Å². The van der Waals surface area contributed by atoms with Gasteiger partial charge in [-0.15, -0.1) is 0 Å². The maximum atomic E-state index is 13.4. The van der Waals surface area contributed by atoms with Crippen molar-refractivity contribution < 1.29 is 14.4 Å². The number of aromatic nitrogens is 1. The topological polar surface area (TPSA) is 85.9 Å². The van der Waals surface area contributed by atoms with Crippen LogP contribution in [0.4, 0.5) is 5.82 Å². The van der Waals surface area contributed by atoms with E-state index in [4.69, 9.17) is 0 Å². The average Bonchev–Trinajstić information content (AvgIpc) is 3.36. The van der Waals surface area contributed by atoms with Crippen LogP contribution in [0.1, 0.15) is 57.8 Å². The highest BCUT2D eigenvalue weighted by molar-refractivity contribution is 5.80. The van der Waals surface area contributed by atoms with Gasteiger partial charge in [0.2, 0.25) is 17.7 Å². The van der Waals surface area contributed by atoms with Crippen LogP contribution in [0.15, 0.2) is 24.4 Å². The Balaban J connectivity index is 1.31. The van der Waals surface area contributed by atoms with E-state index in [1.54, 1.807) is 6.20 Å². The number of hydrogen-bond acceptors (Lipinski definition) is 5. The van der Waals surface area contributed by atoms with Crippen molar-refractivity contribution in [1.29, 1.82) is 0 Å². The van der Waals surface area contributed by atoms with E-state index in [2.05, 4.69) is 15.2 Å². The molecular weight excluding hydrogens is 430 g/mol. The van der Waals surface area contributed by atoms with Gasteiger partial charge in [-0.3, -0.25) is 14.4 Å². The van der Waals surface area contributed by atoms with Crippen LogP contribution in [-0.2, 0) is 14.4 Å². The van der Waals surface area contributed by atoms with Gasteiger partial charge >= 0.3 is 0 Å². The van der Waals surface area contributed by atoms with Crippen LogP contribution >= 0.6 is 0 Å². The highest BCUT2D eigenvalue weighted by Gasteiger charge is 2.29. The van der Waals surface area contributed by atoms with Crippen LogP contribution in [0.2, 0.25) is 0 Å². The van der Waals surface area contributed by atoms with Crippen molar-refractivity contribution in [2.75, 3.05) is 50.7 Å². The summed E-state index contributed by atoms with van der Waals surface area (Å²) < 4.78 is 0. The summed E-state index contributed by atoms with van der Waals surface area (Å²) in [5, 5.41) is 2.96. The van der Waals surface area contributed by atoms with Gasteiger partial charge in [0.1, 0.15) is 5.82 Å². The van der Waals surface area contributed by atoms with E-state index in [0.29, 0.717) is 57.9 Å². The number of rotatable bonds is 4. The number of piperazine rings is 1. The van der Waals surface area contributed by atoms with Gasteiger partial charge in [0.25, 0.3) is 0 Å². The van der Waals surface area contributed by atoms with Gasteiger partial charge in [-0.05, 0) is 50.2 Å². The second kappa shape index (κ2) is 12.2. The minimum Gasteiger partial charge on any atom is -0.356 e. The van der Waals surface area contributed by atoms with Gasteiger partial charge in [-0.25, -0.2) is 4.98 Å². The van der Waals surface area contributed by atoms with Crippen LogP contribution in [-0.4, -0.2) is 78.3 Å². The lowest BCUT2D eigenvalue weighted by molar-refractivity contribution is -0.136. The van der Waals surface area contributed by atoms with E-state index in [9.17, 15) is 14.4 Å². The maximum absolute atomic E-state index is 13.4. The van der Waals surface area contributed by atoms with E-state index in [-0.39, 0.29) is 23.6 Å². The molecule has 3 heterocycles. The minimum absolute atomic E-state index is 0.0317. The molecule has 34 heavy (non-hydrogen) atoms. The predicted molar refractivity (Wildman–Crippen MR) is 131 cm³/mol. The lowest BCUT2D eigenvalue weighted by atomic mass is 9.96. The fraction of sp³-hybridized carbons (Fsp3) is 0.692. The van der Waals surface area contributed by atoms with Gasteiger partial charge in [0.15, 0.2) is 0 Å². The largest absolute Gasteiger partial charge is 0.356 e. The van der Waals surface area contributed by atoms with Gasteiger partial charge in [-0.1, -0.05) is 18.9 Å². The number of carbonyl (C=O) groups excluding carboxylic acids is 3. The molecule has 2 saturated heterocycles. The molecule has 8 nitrogen and oxygen atoms in total. The Kier molecular flexibility index (Phi) is 8.77. The van der Waals surface area contributed by atoms with E-state index < -0.39 is 0 Å². The van der Waals surface area contributed by atoms with Crippen LogP contribution in [0.3, 0.4) is 0 Å². The number of nitrogens with zero attached hydrogens (tertiary/aromatic N) is 4. The van der Waals surface area contributed by atoms with Crippen molar-refractivity contribution in [3.63, 3.8) is 0 Å². The summed E-state index contributed by atoms with van der Waals surface area (Å²) in [5.41, 5.74) is 0. The van der Waals surface area contributed by atoms with Crippen LogP contribution in [0.25, 0.3) is 0 Å². The highest BCUT2D eigenvalue weighted by Crippen LogP contribution is 2.28. The minimum atomic E-state index is -0.119. The monoisotopic (exact) mass is 469 g/mol. The average molecular weight is 470 g/mol. The summed E-state index contributed by atoms with van der Waals surface area (Å²) in [6, 6.07) is 5.90. The Labute approximate surface area is 203 Å². The lowest BCUT2D eigenvalue weighted by Crippen LogP contribution is -2.51. The molecule has 0 radical (unpaired) electrons. The molecule has 0 spiro atoms. The molecule has 3 fully saturated rings. The predicted octanol–water partition coefficient (Wildman–Crippen LogP) is 2.45. The summed E-state index contributed by atoms with van der Waals surface area (Å²) in [6.07, 6.45) is 9.67. The second-order valence-corrected chi connectivity index (χ2v) is 9.96. The molecule has 3 amide bonds. The van der Waals surface area contributed by atoms with Gasteiger partial charge in [-0.2, -0.15) is 0 Å². The van der Waals surface area contributed by atoms with E-state index in [1.807, 2.05) is 28.0 Å². The molecule has 3 aliphatic rings. The van der Waals surface area contributed by atoms with Gasteiger partial charge < -0.3 is 20.0 Å². The quantitative estimate of drug-likeness (QED) is 0.732. The molecule has 0 bridgehead atoms. The smallest absolute Gasteiger partial charge is 0.225 e. The first-order valence-corrected chi connectivity index (χ1v) is 13.1. The number of amides is 3. The molecule has 1 aromatic rings.